The molecule has 1 aliphatic heterocycles. The summed E-state index contributed by atoms with van der Waals surface area (Å²) in [7, 11) is 0. The van der Waals surface area contributed by atoms with Crippen LogP contribution in [-0.4, -0.2) is 67.1 Å². The number of hydrogen-bond acceptors (Lipinski definition) is 5. The summed E-state index contributed by atoms with van der Waals surface area (Å²) in [4.78, 5) is 16.8. The molecule has 0 aliphatic carbocycles. The maximum atomic E-state index is 12.3. The standard InChI is InChI=1S/C20H30N4O2/c1-17(2)20(3,16-21)22-19(25)15-24-11-9-23(10-12-24)13-14-26-18-7-5-4-6-8-18/h4-8,17H,9-15H2,1-3H3,(H,22,25)/t20-/m1/s1. The topological polar surface area (TPSA) is 68.6 Å². The van der Waals surface area contributed by atoms with Gasteiger partial charge in [-0.2, -0.15) is 5.26 Å². The first-order valence-corrected chi connectivity index (χ1v) is 9.28. The summed E-state index contributed by atoms with van der Waals surface area (Å²) in [5, 5.41) is 12.2. The van der Waals surface area contributed by atoms with Crippen molar-refractivity contribution >= 4 is 5.91 Å². The van der Waals surface area contributed by atoms with E-state index in [-0.39, 0.29) is 11.8 Å². The highest BCUT2D eigenvalue weighted by atomic mass is 16.5. The molecule has 1 N–H and O–H groups in total. The lowest BCUT2D eigenvalue weighted by Crippen LogP contribution is -2.54. The Bertz CT molecular complexity index is 606. The molecule has 2 rings (SSSR count). The molecule has 0 spiro atoms. The van der Waals surface area contributed by atoms with E-state index in [0.717, 1.165) is 38.5 Å². The van der Waals surface area contributed by atoms with E-state index in [1.165, 1.54) is 0 Å². The van der Waals surface area contributed by atoms with Gasteiger partial charge in [0.05, 0.1) is 12.6 Å². The van der Waals surface area contributed by atoms with Gasteiger partial charge in [0, 0.05) is 32.7 Å². The van der Waals surface area contributed by atoms with Crippen molar-refractivity contribution in [2.24, 2.45) is 5.92 Å². The number of piperazine rings is 1. The molecule has 1 heterocycles. The van der Waals surface area contributed by atoms with E-state index in [1.54, 1.807) is 6.92 Å². The Morgan fingerprint density at radius 1 is 1.23 bits per heavy atom. The monoisotopic (exact) mass is 358 g/mol. The fourth-order valence-corrected chi connectivity index (χ4v) is 2.81. The zero-order valence-corrected chi connectivity index (χ0v) is 16.1. The largest absolute Gasteiger partial charge is 0.492 e. The van der Waals surface area contributed by atoms with Crippen LogP contribution in [0.4, 0.5) is 0 Å². The van der Waals surface area contributed by atoms with Gasteiger partial charge in [-0.25, -0.2) is 0 Å². The number of nitriles is 1. The summed E-state index contributed by atoms with van der Waals surface area (Å²) in [5.41, 5.74) is -0.812. The molecule has 26 heavy (non-hydrogen) atoms. The number of nitrogens with zero attached hydrogens (tertiary/aromatic N) is 3. The fourth-order valence-electron chi connectivity index (χ4n) is 2.81. The maximum absolute atomic E-state index is 12.3. The van der Waals surface area contributed by atoms with Gasteiger partial charge in [-0.05, 0) is 25.0 Å². The van der Waals surface area contributed by atoms with Gasteiger partial charge in [0.2, 0.25) is 5.91 Å². The number of benzene rings is 1. The van der Waals surface area contributed by atoms with E-state index in [1.807, 2.05) is 44.2 Å². The van der Waals surface area contributed by atoms with E-state index in [2.05, 4.69) is 21.2 Å². The van der Waals surface area contributed by atoms with Crippen molar-refractivity contribution in [1.29, 1.82) is 5.26 Å². The van der Waals surface area contributed by atoms with Crippen molar-refractivity contribution in [3.8, 4) is 11.8 Å². The highest BCUT2D eigenvalue weighted by Gasteiger charge is 2.30. The van der Waals surface area contributed by atoms with Crippen LogP contribution in [-0.2, 0) is 4.79 Å². The first-order chi connectivity index (χ1) is 12.4. The Morgan fingerprint density at radius 3 is 2.42 bits per heavy atom. The number of para-hydroxylation sites is 1. The summed E-state index contributed by atoms with van der Waals surface area (Å²) in [5.74, 6) is 0.884. The Hall–Kier alpha value is -2.10. The molecule has 6 heteroatoms. The number of rotatable bonds is 8. The van der Waals surface area contributed by atoms with Crippen molar-refractivity contribution in [2.75, 3.05) is 45.9 Å². The van der Waals surface area contributed by atoms with Gasteiger partial charge >= 0.3 is 0 Å². The predicted octanol–water partition coefficient (Wildman–Crippen LogP) is 1.74. The van der Waals surface area contributed by atoms with Crippen molar-refractivity contribution < 1.29 is 9.53 Å². The van der Waals surface area contributed by atoms with Crippen LogP contribution in [0.5, 0.6) is 5.75 Å². The van der Waals surface area contributed by atoms with Gasteiger partial charge in [0.1, 0.15) is 17.9 Å². The molecule has 6 nitrogen and oxygen atoms in total. The van der Waals surface area contributed by atoms with E-state index >= 15 is 0 Å². The van der Waals surface area contributed by atoms with Gasteiger partial charge in [0.15, 0.2) is 0 Å². The van der Waals surface area contributed by atoms with Gasteiger partial charge in [-0.1, -0.05) is 32.0 Å². The van der Waals surface area contributed by atoms with Crippen molar-refractivity contribution in [3.63, 3.8) is 0 Å². The lowest BCUT2D eigenvalue weighted by Gasteiger charge is -2.35. The Labute approximate surface area is 156 Å². The second-order valence-electron chi connectivity index (χ2n) is 7.30. The molecule has 1 aromatic rings. The molecule has 1 amide bonds. The molecule has 1 atom stereocenters. The first-order valence-electron chi connectivity index (χ1n) is 9.28. The third kappa shape index (κ3) is 6.01. The second kappa shape index (κ2) is 9.56. The van der Waals surface area contributed by atoms with Crippen LogP contribution in [0.1, 0.15) is 20.8 Å². The molecule has 0 bridgehead atoms. The van der Waals surface area contributed by atoms with Crippen molar-refractivity contribution in [3.05, 3.63) is 30.3 Å². The summed E-state index contributed by atoms with van der Waals surface area (Å²) >= 11 is 0. The van der Waals surface area contributed by atoms with Gasteiger partial charge < -0.3 is 10.1 Å². The zero-order valence-electron chi connectivity index (χ0n) is 16.1. The fraction of sp³-hybridized carbons (Fsp3) is 0.600. The predicted molar refractivity (Wildman–Crippen MR) is 102 cm³/mol. The minimum absolute atomic E-state index is 0.0675. The average Bonchev–Trinajstić information content (AvgIpc) is 2.63. The summed E-state index contributed by atoms with van der Waals surface area (Å²) in [6.07, 6.45) is 0. The van der Waals surface area contributed by atoms with E-state index in [9.17, 15) is 10.1 Å². The minimum Gasteiger partial charge on any atom is -0.492 e. The molecule has 1 aromatic carbocycles. The van der Waals surface area contributed by atoms with Crippen LogP contribution in [0.2, 0.25) is 0 Å². The molecule has 0 unspecified atom stereocenters. The molecule has 1 saturated heterocycles. The number of ether oxygens (including phenoxy) is 1. The quantitative estimate of drug-likeness (QED) is 0.767. The minimum atomic E-state index is -0.812. The van der Waals surface area contributed by atoms with Gasteiger partial charge in [-0.15, -0.1) is 0 Å². The van der Waals surface area contributed by atoms with Gasteiger partial charge in [0.25, 0.3) is 0 Å². The van der Waals surface area contributed by atoms with Crippen LogP contribution < -0.4 is 10.1 Å². The average molecular weight is 358 g/mol. The molecular weight excluding hydrogens is 328 g/mol. The number of hydrogen-bond donors (Lipinski definition) is 1. The number of nitrogens with one attached hydrogen (secondary N) is 1. The molecule has 0 saturated carbocycles. The Balaban J connectivity index is 1.66. The molecular formula is C20H30N4O2. The molecule has 0 radical (unpaired) electrons. The smallest absolute Gasteiger partial charge is 0.235 e. The lowest BCUT2D eigenvalue weighted by molar-refractivity contribution is -0.124. The first kappa shape index (κ1) is 20.2. The van der Waals surface area contributed by atoms with Crippen LogP contribution in [0.25, 0.3) is 0 Å². The zero-order chi connectivity index (χ0) is 19.0. The van der Waals surface area contributed by atoms with Crippen LogP contribution in [0.3, 0.4) is 0 Å². The molecule has 142 valence electrons. The van der Waals surface area contributed by atoms with E-state index < -0.39 is 5.54 Å². The lowest BCUT2D eigenvalue weighted by atomic mass is 9.90. The molecule has 1 fully saturated rings. The second-order valence-corrected chi connectivity index (χ2v) is 7.30. The summed E-state index contributed by atoms with van der Waals surface area (Å²) < 4.78 is 5.74. The number of carbonyl (C=O) groups excluding carboxylic acids is 1. The van der Waals surface area contributed by atoms with Crippen molar-refractivity contribution in [2.45, 2.75) is 26.3 Å². The molecule has 1 aliphatic rings. The highest BCUT2D eigenvalue weighted by Crippen LogP contribution is 2.15. The third-order valence-corrected chi connectivity index (χ3v) is 5.04. The van der Waals surface area contributed by atoms with Crippen molar-refractivity contribution in [1.82, 2.24) is 15.1 Å². The van der Waals surface area contributed by atoms with E-state index in [0.29, 0.717) is 13.2 Å². The normalized spacial score (nSPS) is 18.1. The Kier molecular flexibility index (Phi) is 7.43. The molecule has 0 aromatic heterocycles. The third-order valence-electron chi connectivity index (χ3n) is 5.04. The van der Waals surface area contributed by atoms with Crippen LogP contribution in [0.15, 0.2) is 30.3 Å². The number of amides is 1. The Morgan fingerprint density at radius 2 is 1.85 bits per heavy atom. The number of carbonyl (C=O) groups is 1. The maximum Gasteiger partial charge on any atom is 0.235 e. The SMILES string of the molecule is CC(C)[C@@](C)(C#N)NC(=O)CN1CCN(CCOc2ccccc2)CC1. The van der Waals surface area contributed by atoms with E-state index in [4.69, 9.17) is 4.74 Å². The van der Waals surface area contributed by atoms with Crippen LogP contribution in [0, 0.1) is 17.2 Å². The van der Waals surface area contributed by atoms with Gasteiger partial charge in [-0.3, -0.25) is 14.6 Å². The summed E-state index contributed by atoms with van der Waals surface area (Å²) in [6.45, 7) is 11.1. The van der Waals surface area contributed by atoms with Crippen LogP contribution >= 0.6 is 0 Å². The summed E-state index contributed by atoms with van der Waals surface area (Å²) in [6, 6.07) is 12.0. The highest BCUT2D eigenvalue weighted by molar-refractivity contribution is 5.79.